The second-order valence-corrected chi connectivity index (χ2v) is 12.5. The summed E-state index contributed by atoms with van der Waals surface area (Å²) < 4.78 is 39.4. The van der Waals surface area contributed by atoms with E-state index in [1.54, 1.807) is 30.0 Å². The largest absolute Gasteiger partial charge is 0.416 e. The molecule has 1 aliphatic rings. The quantitative estimate of drug-likeness (QED) is 0.136. The van der Waals surface area contributed by atoms with Crippen LogP contribution >= 0.6 is 11.8 Å². The number of piperidine rings is 1. The number of amides is 2. The lowest BCUT2D eigenvalue weighted by Crippen LogP contribution is -2.29. The number of carbonyl (C=O) groups excluding carboxylic acids is 2. The highest BCUT2D eigenvalue weighted by atomic mass is 32.2. The highest BCUT2D eigenvalue weighted by Gasteiger charge is 2.30. The van der Waals surface area contributed by atoms with Crippen molar-refractivity contribution in [3.05, 3.63) is 113 Å². The Labute approximate surface area is 276 Å². The fourth-order valence-corrected chi connectivity index (χ4v) is 6.31. The smallest absolute Gasteiger partial charge is 0.396 e. The third kappa shape index (κ3) is 9.36. The van der Waals surface area contributed by atoms with Crippen molar-refractivity contribution in [2.24, 2.45) is 0 Å². The van der Waals surface area contributed by atoms with Crippen LogP contribution in [0.25, 0.3) is 11.3 Å². The van der Waals surface area contributed by atoms with Gasteiger partial charge in [-0.2, -0.15) is 24.9 Å². The number of aromatic nitrogens is 1. The molecule has 0 saturated carbocycles. The molecule has 0 atom stereocenters. The van der Waals surface area contributed by atoms with Crippen LogP contribution in [-0.4, -0.2) is 47.4 Å². The lowest BCUT2D eigenvalue weighted by Gasteiger charge is -2.29. The Kier molecular flexibility index (Phi) is 11.6. The maximum Gasteiger partial charge on any atom is 0.416 e. The number of nitrogens with zero attached hydrogens (tertiary/aromatic N) is 2. The van der Waals surface area contributed by atoms with Crippen LogP contribution in [0.5, 0.6) is 0 Å². The van der Waals surface area contributed by atoms with E-state index in [1.165, 1.54) is 24.8 Å². The molecule has 0 bridgehead atoms. The Hall–Kier alpha value is -4.35. The zero-order valence-electron chi connectivity index (χ0n) is 25.9. The van der Waals surface area contributed by atoms with E-state index >= 15 is 0 Å². The van der Waals surface area contributed by atoms with Gasteiger partial charge in [0.2, 0.25) is 0 Å². The molecular weight excluding hydrogens is 625 g/mol. The van der Waals surface area contributed by atoms with Gasteiger partial charge in [0.05, 0.1) is 16.9 Å². The number of alkyl halides is 3. The summed E-state index contributed by atoms with van der Waals surface area (Å²) >= 11 is 1.69. The van der Waals surface area contributed by atoms with Crippen molar-refractivity contribution in [1.29, 1.82) is 0 Å². The van der Waals surface area contributed by atoms with Crippen molar-refractivity contribution >= 4 is 35.0 Å². The minimum absolute atomic E-state index is 0.0782. The molecule has 1 fully saturated rings. The molecule has 1 aromatic heterocycles. The first-order valence-corrected chi connectivity index (χ1v) is 16.8. The van der Waals surface area contributed by atoms with Crippen LogP contribution < -0.4 is 15.5 Å². The van der Waals surface area contributed by atoms with Crippen molar-refractivity contribution in [1.82, 2.24) is 10.3 Å². The molecule has 3 aromatic carbocycles. The number of benzene rings is 3. The molecule has 0 spiro atoms. The first kappa shape index (κ1) is 34.0. The summed E-state index contributed by atoms with van der Waals surface area (Å²) in [7, 11) is 0. The van der Waals surface area contributed by atoms with Crippen LogP contribution in [0, 0.1) is 0 Å². The van der Waals surface area contributed by atoms with Gasteiger partial charge in [0.25, 0.3) is 11.8 Å². The van der Waals surface area contributed by atoms with E-state index in [0.717, 1.165) is 60.8 Å². The number of carbonyl (C=O) groups is 2. The Morgan fingerprint density at radius 1 is 0.872 bits per heavy atom. The fraction of sp³-hybridized carbons (Fsp3) is 0.306. The number of thioether (sulfide) groups is 1. The van der Waals surface area contributed by atoms with Crippen LogP contribution in [-0.2, 0) is 18.5 Å². The number of nitrogens with one attached hydrogen (secondary N) is 2. The van der Waals surface area contributed by atoms with Crippen LogP contribution in [0.4, 0.5) is 24.5 Å². The summed E-state index contributed by atoms with van der Waals surface area (Å²) in [6.45, 7) is 1.90. The number of aliphatic hydroxyl groups excluding tert-OH is 1. The fourth-order valence-electron chi connectivity index (χ4n) is 5.42. The normalized spacial score (nSPS) is 13.3. The Morgan fingerprint density at radius 2 is 1.64 bits per heavy atom. The predicted molar refractivity (Wildman–Crippen MR) is 181 cm³/mol. The summed E-state index contributed by atoms with van der Waals surface area (Å²) in [4.78, 5) is 33.5. The first-order chi connectivity index (χ1) is 22.7. The van der Waals surface area contributed by atoms with Crippen molar-refractivity contribution in [2.75, 3.05) is 35.7 Å². The number of pyridine rings is 1. The van der Waals surface area contributed by atoms with Gasteiger partial charge in [-0.25, -0.2) is 0 Å². The van der Waals surface area contributed by atoms with E-state index in [4.69, 9.17) is 5.11 Å². The first-order valence-electron chi connectivity index (χ1n) is 15.6. The van der Waals surface area contributed by atoms with Gasteiger partial charge in [0.1, 0.15) is 0 Å². The molecule has 4 aromatic rings. The number of hydrogen-bond acceptors (Lipinski definition) is 6. The van der Waals surface area contributed by atoms with Crippen LogP contribution in [0.3, 0.4) is 0 Å². The standard InChI is InChI=1S/C36H37F3N4O3S/c37-36(38,39)29-10-5-7-25(20-29)23-41-34(45)28-13-14-40-33(21-28)31-22-30(43-15-2-1-3-16-43)11-12-32(31)42-35(46)27-9-4-8-26(19-27)24-47-18-6-17-44/h4-5,7-14,19-22,44H,1-3,6,15-18,23-24H2,(H,41,45)(H,42,46). The highest BCUT2D eigenvalue weighted by molar-refractivity contribution is 7.98. The Bertz CT molecular complexity index is 1690. The molecule has 3 N–H and O–H groups in total. The summed E-state index contributed by atoms with van der Waals surface area (Å²) in [6, 6.07) is 21.3. The molecule has 0 unspecified atom stereocenters. The molecular formula is C36H37F3N4O3S. The molecule has 1 saturated heterocycles. The molecule has 2 heterocycles. The van der Waals surface area contributed by atoms with Gasteiger partial charge in [-0.05, 0) is 97.2 Å². The van der Waals surface area contributed by atoms with Gasteiger partial charge >= 0.3 is 6.18 Å². The molecule has 11 heteroatoms. The van der Waals surface area contributed by atoms with E-state index < -0.39 is 17.6 Å². The van der Waals surface area contributed by atoms with Crippen molar-refractivity contribution in [2.45, 2.75) is 44.2 Å². The maximum absolute atomic E-state index is 13.5. The van der Waals surface area contributed by atoms with Gasteiger partial charge < -0.3 is 20.6 Å². The number of aliphatic hydroxyl groups is 1. The van der Waals surface area contributed by atoms with E-state index in [1.807, 2.05) is 36.4 Å². The number of anilines is 2. The van der Waals surface area contributed by atoms with Crippen LogP contribution in [0.15, 0.2) is 85.1 Å². The highest BCUT2D eigenvalue weighted by Crippen LogP contribution is 2.33. The van der Waals surface area contributed by atoms with E-state index in [2.05, 4.69) is 20.5 Å². The summed E-state index contributed by atoms with van der Waals surface area (Å²) in [6.07, 6.45) is 1.10. The number of hydrogen-bond donors (Lipinski definition) is 3. The topological polar surface area (TPSA) is 94.6 Å². The van der Waals surface area contributed by atoms with Crippen molar-refractivity contribution < 1.29 is 27.9 Å². The monoisotopic (exact) mass is 662 g/mol. The number of rotatable bonds is 12. The summed E-state index contributed by atoms with van der Waals surface area (Å²) in [5.41, 5.74) is 3.99. The molecule has 7 nitrogen and oxygen atoms in total. The Balaban J connectivity index is 1.38. The number of halogens is 3. The lowest BCUT2D eigenvalue weighted by atomic mass is 10.0. The molecule has 246 valence electrons. The van der Waals surface area contributed by atoms with Gasteiger partial charge in [0.15, 0.2) is 0 Å². The van der Waals surface area contributed by atoms with Gasteiger partial charge in [-0.1, -0.05) is 24.3 Å². The van der Waals surface area contributed by atoms with Crippen LogP contribution in [0.2, 0.25) is 0 Å². The molecule has 5 rings (SSSR count). The van der Waals surface area contributed by atoms with Crippen molar-refractivity contribution in [3.8, 4) is 11.3 Å². The molecule has 0 radical (unpaired) electrons. The van der Waals surface area contributed by atoms with Crippen molar-refractivity contribution in [3.63, 3.8) is 0 Å². The summed E-state index contributed by atoms with van der Waals surface area (Å²) in [5, 5.41) is 14.8. The lowest BCUT2D eigenvalue weighted by molar-refractivity contribution is -0.137. The Morgan fingerprint density at radius 3 is 2.43 bits per heavy atom. The molecule has 47 heavy (non-hydrogen) atoms. The molecule has 1 aliphatic heterocycles. The summed E-state index contributed by atoms with van der Waals surface area (Å²) in [5.74, 6) is 0.810. The second kappa shape index (κ2) is 16.0. The average molecular weight is 663 g/mol. The van der Waals surface area contributed by atoms with Gasteiger partial charge in [0, 0.05) is 60.6 Å². The average Bonchev–Trinajstić information content (AvgIpc) is 3.09. The minimum Gasteiger partial charge on any atom is -0.396 e. The minimum atomic E-state index is -4.47. The SMILES string of the molecule is O=C(NCc1cccc(C(F)(F)F)c1)c1ccnc(-c2cc(N3CCCCC3)ccc2NC(=O)c2cccc(CSCCCO)c2)c1. The van der Waals surface area contributed by atoms with E-state index in [0.29, 0.717) is 34.5 Å². The molecule has 0 aliphatic carbocycles. The van der Waals surface area contributed by atoms with E-state index in [9.17, 15) is 22.8 Å². The predicted octanol–water partition coefficient (Wildman–Crippen LogP) is 7.56. The zero-order valence-corrected chi connectivity index (χ0v) is 26.7. The maximum atomic E-state index is 13.5. The third-order valence-corrected chi connectivity index (χ3v) is 9.00. The van der Waals surface area contributed by atoms with Gasteiger partial charge in [-0.3, -0.25) is 14.6 Å². The van der Waals surface area contributed by atoms with Crippen LogP contribution in [0.1, 0.15) is 63.1 Å². The second-order valence-electron chi connectivity index (χ2n) is 11.4. The van der Waals surface area contributed by atoms with Gasteiger partial charge in [-0.15, -0.1) is 0 Å². The molecule has 2 amide bonds. The van der Waals surface area contributed by atoms with E-state index in [-0.39, 0.29) is 24.6 Å². The third-order valence-electron chi connectivity index (χ3n) is 7.88. The zero-order chi connectivity index (χ0) is 33.2.